The summed E-state index contributed by atoms with van der Waals surface area (Å²) >= 11 is 0. The van der Waals surface area contributed by atoms with Crippen molar-refractivity contribution in [1.82, 2.24) is 9.78 Å². The third-order valence-corrected chi connectivity index (χ3v) is 4.85. The van der Waals surface area contributed by atoms with Crippen LogP contribution in [-0.4, -0.2) is 21.6 Å². The summed E-state index contributed by atoms with van der Waals surface area (Å²) < 4.78 is 1.11. The van der Waals surface area contributed by atoms with Crippen LogP contribution in [0.15, 0.2) is 65.5 Å². The number of nitrogens with one attached hydrogen (secondary N) is 2. The van der Waals surface area contributed by atoms with E-state index in [1.807, 2.05) is 49.4 Å². The Morgan fingerprint density at radius 3 is 2.16 bits per heavy atom. The van der Waals surface area contributed by atoms with Gasteiger partial charge >= 0.3 is 0 Å². The molecule has 0 radical (unpaired) electrons. The van der Waals surface area contributed by atoms with Gasteiger partial charge in [0.1, 0.15) is 11.7 Å². The first kappa shape index (κ1) is 22.0. The molecule has 2 amide bonds. The first-order chi connectivity index (χ1) is 14.8. The van der Waals surface area contributed by atoms with Crippen molar-refractivity contribution in [1.29, 1.82) is 0 Å². The molecule has 0 spiro atoms. The number of anilines is 2. The van der Waals surface area contributed by atoms with Crippen molar-refractivity contribution in [3.63, 3.8) is 0 Å². The summed E-state index contributed by atoms with van der Waals surface area (Å²) in [5.74, 6) is -0.973. The average molecular weight is 418 g/mol. The molecular weight excluding hydrogens is 392 g/mol. The molecule has 31 heavy (non-hydrogen) atoms. The first-order valence-electron chi connectivity index (χ1n) is 10.1. The van der Waals surface area contributed by atoms with Gasteiger partial charge in [-0.1, -0.05) is 61.9 Å². The van der Waals surface area contributed by atoms with Crippen molar-refractivity contribution in [3.05, 3.63) is 76.6 Å². The Hall–Kier alpha value is -3.74. The number of rotatable bonds is 6. The molecule has 3 rings (SSSR count). The Morgan fingerprint density at radius 2 is 1.55 bits per heavy atom. The maximum absolute atomic E-state index is 13.1. The van der Waals surface area contributed by atoms with Gasteiger partial charge in [-0.3, -0.25) is 14.4 Å². The number of hydrogen-bond donors (Lipinski definition) is 2. The lowest BCUT2D eigenvalue weighted by molar-refractivity contribution is -0.119. The van der Waals surface area contributed by atoms with E-state index in [1.165, 1.54) is 0 Å². The Labute approximate surface area is 181 Å². The van der Waals surface area contributed by atoms with Crippen LogP contribution in [0, 0.1) is 12.8 Å². The van der Waals surface area contributed by atoms with E-state index in [0.29, 0.717) is 11.4 Å². The number of aryl methyl sites for hydroxylation is 1. The van der Waals surface area contributed by atoms with Crippen molar-refractivity contribution < 1.29 is 9.59 Å². The van der Waals surface area contributed by atoms with Crippen molar-refractivity contribution in [2.24, 2.45) is 5.92 Å². The second-order valence-corrected chi connectivity index (χ2v) is 7.73. The molecule has 0 saturated carbocycles. The van der Waals surface area contributed by atoms with E-state index in [-0.39, 0.29) is 23.4 Å². The monoisotopic (exact) mass is 418 g/mol. The van der Waals surface area contributed by atoms with Gasteiger partial charge in [-0.2, -0.15) is 5.10 Å². The minimum atomic E-state index is -0.896. The molecule has 0 aliphatic heterocycles. The molecule has 3 aromatic rings. The summed E-state index contributed by atoms with van der Waals surface area (Å²) in [7, 11) is 0. The fourth-order valence-electron chi connectivity index (χ4n) is 2.89. The number of carbonyl (C=O) groups is 2. The topological polar surface area (TPSA) is 93.1 Å². The predicted molar refractivity (Wildman–Crippen MR) is 122 cm³/mol. The highest BCUT2D eigenvalue weighted by atomic mass is 16.2. The molecule has 0 aliphatic rings. The third-order valence-electron chi connectivity index (χ3n) is 4.85. The fraction of sp³-hybridized carbons (Fsp3) is 0.250. The summed E-state index contributed by atoms with van der Waals surface area (Å²) in [5, 5.41) is 9.90. The molecule has 1 unspecified atom stereocenters. The zero-order chi connectivity index (χ0) is 22.5. The molecule has 0 bridgehead atoms. The lowest BCUT2D eigenvalue weighted by Gasteiger charge is -2.17. The second-order valence-electron chi connectivity index (χ2n) is 7.73. The molecule has 7 nitrogen and oxygen atoms in total. The van der Waals surface area contributed by atoms with Crippen LogP contribution in [0.2, 0.25) is 0 Å². The van der Waals surface area contributed by atoms with Gasteiger partial charge < -0.3 is 10.6 Å². The summed E-state index contributed by atoms with van der Waals surface area (Å²) in [4.78, 5) is 38.1. The van der Waals surface area contributed by atoms with E-state index in [4.69, 9.17) is 0 Å². The molecule has 7 heteroatoms. The van der Waals surface area contributed by atoms with Crippen LogP contribution in [-0.2, 0) is 9.59 Å². The van der Waals surface area contributed by atoms with Gasteiger partial charge in [0.05, 0.1) is 5.69 Å². The fourth-order valence-corrected chi connectivity index (χ4v) is 2.89. The minimum absolute atomic E-state index is 0.0857. The second kappa shape index (κ2) is 9.38. The summed E-state index contributed by atoms with van der Waals surface area (Å²) in [5.41, 5.74) is 2.49. The number of carbonyl (C=O) groups excluding carboxylic acids is 2. The molecule has 2 N–H and O–H groups in total. The Kier molecular flexibility index (Phi) is 6.65. The third kappa shape index (κ3) is 5.25. The van der Waals surface area contributed by atoms with Crippen LogP contribution in [0.4, 0.5) is 11.4 Å². The quantitative estimate of drug-likeness (QED) is 0.632. The molecule has 1 atom stereocenters. The lowest BCUT2D eigenvalue weighted by Crippen LogP contribution is -2.36. The van der Waals surface area contributed by atoms with E-state index < -0.39 is 11.6 Å². The van der Waals surface area contributed by atoms with E-state index in [1.54, 1.807) is 39.0 Å². The summed E-state index contributed by atoms with van der Waals surface area (Å²) in [6.45, 7) is 7.04. The molecular formula is C24H26N4O3. The van der Waals surface area contributed by atoms with E-state index in [0.717, 1.165) is 15.8 Å². The van der Waals surface area contributed by atoms with Crippen LogP contribution >= 0.6 is 0 Å². The van der Waals surface area contributed by atoms with Crippen LogP contribution in [0.25, 0.3) is 11.3 Å². The van der Waals surface area contributed by atoms with Crippen molar-refractivity contribution in [3.8, 4) is 11.3 Å². The van der Waals surface area contributed by atoms with Gasteiger partial charge in [0.15, 0.2) is 0 Å². The van der Waals surface area contributed by atoms with E-state index >= 15 is 0 Å². The Balaban J connectivity index is 2.00. The van der Waals surface area contributed by atoms with Crippen molar-refractivity contribution in [2.75, 3.05) is 10.6 Å². The number of benzene rings is 2. The SMILES string of the molecule is Cc1ccc(NC(=O)C(C)n2nc(-c3ccccc3)cc(NC(=O)C(C)C)c2=O)cc1. The number of nitrogens with zero attached hydrogens (tertiary/aromatic N) is 2. The number of hydrogen-bond acceptors (Lipinski definition) is 4. The maximum Gasteiger partial charge on any atom is 0.291 e. The molecule has 0 fully saturated rings. The summed E-state index contributed by atoms with van der Waals surface area (Å²) in [6, 6.07) is 17.3. The van der Waals surface area contributed by atoms with Gasteiger partial charge in [-0.15, -0.1) is 0 Å². The van der Waals surface area contributed by atoms with E-state index in [9.17, 15) is 14.4 Å². The Morgan fingerprint density at radius 1 is 0.903 bits per heavy atom. The smallest absolute Gasteiger partial charge is 0.291 e. The van der Waals surface area contributed by atoms with Crippen LogP contribution in [0.5, 0.6) is 0 Å². The number of amides is 2. The maximum atomic E-state index is 13.1. The first-order valence-corrected chi connectivity index (χ1v) is 10.1. The van der Waals surface area contributed by atoms with Crippen LogP contribution in [0.1, 0.15) is 32.4 Å². The van der Waals surface area contributed by atoms with Gasteiger partial charge in [0, 0.05) is 17.2 Å². The molecule has 0 saturated heterocycles. The van der Waals surface area contributed by atoms with Crippen molar-refractivity contribution >= 4 is 23.2 Å². The zero-order valence-corrected chi connectivity index (χ0v) is 18.0. The molecule has 1 aromatic heterocycles. The molecule has 0 aliphatic carbocycles. The van der Waals surface area contributed by atoms with Crippen LogP contribution in [0.3, 0.4) is 0 Å². The molecule has 160 valence electrons. The van der Waals surface area contributed by atoms with E-state index in [2.05, 4.69) is 15.7 Å². The Bertz CT molecular complexity index is 1140. The predicted octanol–water partition coefficient (Wildman–Crippen LogP) is 4.01. The average Bonchev–Trinajstić information content (AvgIpc) is 2.76. The normalized spacial score (nSPS) is 11.8. The number of aromatic nitrogens is 2. The molecule has 1 heterocycles. The highest BCUT2D eigenvalue weighted by Gasteiger charge is 2.22. The zero-order valence-electron chi connectivity index (χ0n) is 18.0. The van der Waals surface area contributed by atoms with Gasteiger partial charge in [-0.05, 0) is 32.0 Å². The van der Waals surface area contributed by atoms with Gasteiger partial charge in [0.25, 0.3) is 5.56 Å². The van der Waals surface area contributed by atoms with Gasteiger partial charge in [0.2, 0.25) is 11.8 Å². The summed E-state index contributed by atoms with van der Waals surface area (Å²) in [6.07, 6.45) is 0. The standard InChI is InChI=1S/C24H26N4O3/c1-15(2)22(29)26-21-14-20(18-8-6-5-7-9-18)27-28(24(21)31)17(4)23(30)25-19-12-10-16(3)11-13-19/h5-15,17H,1-4H3,(H,25,30)(H,26,29). The lowest BCUT2D eigenvalue weighted by atomic mass is 10.1. The van der Waals surface area contributed by atoms with Crippen LogP contribution < -0.4 is 16.2 Å². The highest BCUT2D eigenvalue weighted by Crippen LogP contribution is 2.20. The largest absolute Gasteiger partial charge is 0.324 e. The highest BCUT2D eigenvalue weighted by molar-refractivity contribution is 5.94. The van der Waals surface area contributed by atoms with Crippen molar-refractivity contribution in [2.45, 2.75) is 33.7 Å². The van der Waals surface area contributed by atoms with Gasteiger partial charge in [-0.25, -0.2) is 4.68 Å². The minimum Gasteiger partial charge on any atom is -0.324 e. The molecule has 2 aromatic carbocycles.